The summed E-state index contributed by atoms with van der Waals surface area (Å²) in [4.78, 5) is 44.0. The fraction of sp³-hybridized carbons (Fsp3) is 0.654. The lowest BCUT2D eigenvalue weighted by atomic mass is 9.70. The number of carbonyl (C=O) groups excluding carboxylic acids is 3. The second-order valence-corrected chi connectivity index (χ2v) is 10.8. The quantitative estimate of drug-likeness (QED) is 0.241. The number of hydrogen-bond donors (Lipinski definition) is 2. The zero-order chi connectivity index (χ0) is 26.0. The lowest BCUT2D eigenvalue weighted by Gasteiger charge is -2.34. The highest BCUT2D eigenvalue weighted by Gasteiger charge is 2.76. The minimum absolute atomic E-state index is 0.000148. The Bertz CT molecular complexity index is 971. The van der Waals surface area contributed by atoms with E-state index < -0.39 is 35.6 Å². The van der Waals surface area contributed by atoms with E-state index in [9.17, 15) is 19.5 Å². The lowest BCUT2D eigenvalue weighted by molar-refractivity contribution is -0.154. The summed E-state index contributed by atoms with van der Waals surface area (Å²) in [6, 6.07) is 6.75. The molecule has 3 heterocycles. The van der Waals surface area contributed by atoms with Crippen molar-refractivity contribution >= 4 is 45.1 Å². The summed E-state index contributed by atoms with van der Waals surface area (Å²) in [5, 5.41) is 12.3. The Hall–Kier alpha value is -2.17. The molecule has 198 valence electrons. The first-order valence-corrected chi connectivity index (χ1v) is 13.8. The van der Waals surface area contributed by atoms with Gasteiger partial charge in [0, 0.05) is 42.4 Å². The Balaban J connectivity index is 1.63. The van der Waals surface area contributed by atoms with Crippen LogP contribution in [0.2, 0.25) is 0 Å². The topological polar surface area (TPSA) is 108 Å². The molecule has 1 spiro atoms. The molecule has 4 rings (SSSR count). The third-order valence-corrected chi connectivity index (χ3v) is 8.51. The minimum Gasteiger partial charge on any atom is -0.466 e. The molecule has 0 radical (unpaired) electrons. The number of rotatable bonds is 11. The first kappa shape index (κ1) is 26.9. The number of esters is 1. The van der Waals surface area contributed by atoms with Crippen molar-refractivity contribution in [2.45, 2.75) is 62.6 Å². The molecule has 3 saturated heterocycles. The van der Waals surface area contributed by atoms with Crippen LogP contribution in [-0.4, -0.2) is 83.2 Å². The molecule has 2 bridgehead atoms. The van der Waals surface area contributed by atoms with E-state index in [-0.39, 0.29) is 29.9 Å². The van der Waals surface area contributed by atoms with Crippen molar-refractivity contribution in [3.63, 3.8) is 0 Å². The van der Waals surface area contributed by atoms with Crippen molar-refractivity contribution in [3.05, 3.63) is 24.3 Å². The number of aliphatic hydroxyl groups is 1. The molecule has 3 aliphatic rings. The van der Waals surface area contributed by atoms with Crippen molar-refractivity contribution in [1.29, 1.82) is 0 Å². The predicted octanol–water partition coefficient (Wildman–Crippen LogP) is 2.55. The minimum atomic E-state index is -1.11. The molecule has 3 aliphatic heterocycles. The van der Waals surface area contributed by atoms with E-state index in [0.29, 0.717) is 31.5 Å². The molecule has 2 N–H and O–H groups in total. The second-order valence-electron chi connectivity index (χ2n) is 9.59. The third kappa shape index (κ3) is 4.52. The molecule has 1 aromatic rings. The number of unbranched alkanes of at least 4 members (excludes halogenated alkanes) is 1. The number of alkyl halides is 1. The van der Waals surface area contributed by atoms with E-state index in [4.69, 9.17) is 9.47 Å². The van der Waals surface area contributed by atoms with Crippen molar-refractivity contribution in [1.82, 2.24) is 4.90 Å². The summed E-state index contributed by atoms with van der Waals surface area (Å²) in [6.45, 7) is 8.18. The van der Waals surface area contributed by atoms with Gasteiger partial charge >= 0.3 is 5.97 Å². The Labute approximate surface area is 220 Å². The number of nitrogens with one attached hydrogen (secondary N) is 1. The number of halogens is 1. The van der Waals surface area contributed by atoms with E-state index in [2.05, 4.69) is 40.0 Å². The number of fused-ring (bicyclic) bond motifs is 1. The van der Waals surface area contributed by atoms with Crippen LogP contribution in [0.1, 0.15) is 40.0 Å². The number of carbonyl (C=O) groups is 3. The van der Waals surface area contributed by atoms with Crippen molar-refractivity contribution < 1.29 is 29.0 Å². The molecule has 0 aromatic heterocycles. The number of aliphatic hydroxyl groups excluding tert-OH is 1. The Morgan fingerprint density at radius 3 is 2.53 bits per heavy atom. The molecule has 36 heavy (non-hydrogen) atoms. The van der Waals surface area contributed by atoms with Crippen LogP contribution < -0.4 is 10.2 Å². The SMILES string of the molecule is CCOC(=O)[C@H]1[C@H]2C(=O)N(CCCCO)C(C(=O)Nc3ccc(N(CC)CC)cc3)C23CC(Br)[C@@H]1O3. The summed E-state index contributed by atoms with van der Waals surface area (Å²) in [6.07, 6.45) is 0.966. The molecule has 3 unspecified atom stereocenters. The maximum absolute atomic E-state index is 13.8. The van der Waals surface area contributed by atoms with Gasteiger partial charge in [0.25, 0.3) is 0 Å². The zero-order valence-electron chi connectivity index (χ0n) is 21.1. The van der Waals surface area contributed by atoms with E-state index in [1.54, 1.807) is 11.8 Å². The van der Waals surface area contributed by atoms with Gasteiger partial charge in [0.05, 0.1) is 24.5 Å². The molecule has 2 amide bonds. The maximum Gasteiger partial charge on any atom is 0.312 e. The standard InChI is InChI=1S/C26H36BrN3O6/c1-4-29(5-2)17-11-9-16(10-12-17)28-23(32)22-26-15-18(27)21(36-26)19(25(34)35-6-3)20(26)24(33)30(22)13-7-8-14-31/h9-12,18-22,31H,4-8,13-15H2,1-3H3,(H,28,32)/t18?,19-,20-,21-,22?,26?/m0/s1. The number of benzene rings is 1. The molecule has 10 heteroatoms. The maximum atomic E-state index is 13.8. The van der Waals surface area contributed by atoms with Crippen molar-refractivity contribution in [2.24, 2.45) is 11.8 Å². The van der Waals surface area contributed by atoms with Crippen molar-refractivity contribution in [2.75, 3.05) is 43.1 Å². The van der Waals surface area contributed by atoms with Crippen LogP contribution in [0.25, 0.3) is 0 Å². The van der Waals surface area contributed by atoms with Crippen LogP contribution in [0.15, 0.2) is 24.3 Å². The average molecular weight is 566 g/mol. The smallest absolute Gasteiger partial charge is 0.312 e. The van der Waals surface area contributed by atoms with Crippen LogP contribution in [0.3, 0.4) is 0 Å². The lowest BCUT2D eigenvalue weighted by Crippen LogP contribution is -2.54. The summed E-state index contributed by atoms with van der Waals surface area (Å²) >= 11 is 3.64. The average Bonchev–Trinajstić information content (AvgIpc) is 3.45. The van der Waals surface area contributed by atoms with Gasteiger partial charge in [0.2, 0.25) is 11.8 Å². The highest BCUT2D eigenvalue weighted by atomic mass is 79.9. The fourth-order valence-electron chi connectivity index (χ4n) is 6.13. The van der Waals surface area contributed by atoms with Gasteiger partial charge in [-0.3, -0.25) is 14.4 Å². The molecule has 1 aromatic carbocycles. The molecular weight excluding hydrogens is 530 g/mol. The number of likely N-dealkylation sites (tertiary alicyclic amines) is 1. The molecule has 6 atom stereocenters. The van der Waals surface area contributed by atoms with Crippen LogP contribution in [0.5, 0.6) is 0 Å². The van der Waals surface area contributed by atoms with Crippen LogP contribution in [0, 0.1) is 11.8 Å². The van der Waals surface area contributed by atoms with E-state index in [1.807, 2.05) is 24.3 Å². The van der Waals surface area contributed by atoms with E-state index in [0.717, 1.165) is 18.8 Å². The molecule has 0 saturated carbocycles. The molecule has 3 fully saturated rings. The van der Waals surface area contributed by atoms with Gasteiger partial charge in [0.1, 0.15) is 11.6 Å². The Kier molecular flexibility index (Phi) is 8.26. The highest BCUT2D eigenvalue weighted by Crippen LogP contribution is 2.60. The third-order valence-electron chi connectivity index (χ3n) is 7.67. The summed E-state index contributed by atoms with van der Waals surface area (Å²) in [5.41, 5.74) is 0.580. The zero-order valence-corrected chi connectivity index (χ0v) is 22.7. The van der Waals surface area contributed by atoms with Gasteiger partial charge < -0.3 is 29.7 Å². The number of nitrogens with zero attached hydrogens (tertiary/aromatic N) is 2. The Morgan fingerprint density at radius 1 is 1.22 bits per heavy atom. The first-order chi connectivity index (χ1) is 17.3. The van der Waals surface area contributed by atoms with Gasteiger partial charge in [-0.05, 0) is 64.3 Å². The van der Waals surface area contributed by atoms with E-state index >= 15 is 0 Å². The largest absolute Gasteiger partial charge is 0.466 e. The summed E-state index contributed by atoms with van der Waals surface area (Å²) < 4.78 is 11.7. The predicted molar refractivity (Wildman–Crippen MR) is 139 cm³/mol. The van der Waals surface area contributed by atoms with Gasteiger partial charge in [-0.2, -0.15) is 0 Å². The number of amides is 2. The second kappa shape index (κ2) is 11.1. The normalized spacial score (nSPS) is 30.4. The van der Waals surface area contributed by atoms with Gasteiger partial charge in [-0.1, -0.05) is 15.9 Å². The number of hydrogen-bond acceptors (Lipinski definition) is 7. The van der Waals surface area contributed by atoms with Crippen LogP contribution in [-0.2, 0) is 23.9 Å². The van der Waals surface area contributed by atoms with Crippen molar-refractivity contribution in [3.8, 4) is 0 Å². The molecule has 9 nitrogen and oxygen atoms in total. The van der Waals surface area contributed by atoms with Crippen LogP contribution >= 0.6 is 15.9 Å². The highest BCUT2D eigenvalue weighted by molar-refractivity contribution is 9.09. The van der Waals surface area contributed by atoms with Gasteiger partial charge in [-0.15, -0.1) is 0 Å². The first-order valence-electron chi connectivity index (χ1n) is 12.9. The van der Waals surface area contributed by atoms with Crippen LogP contribution in [0.4, 0.5) is 11.4 Å². The Morgan fingerprint density at radius 2 is 1.92 bits per heavy atom. The molecule has 0 aliphatic carbocycles. The monoisotopic (exact) mass is 565 g/mol. The van der Waals surface area contributed by atoms with E-state index in [1.165, 1.54) is 0 Å². The summed E-state index contributed by atoms with van der Waals surface area (Å²) in [7, 11) is 0. The van der Waals surface area contributed by atoms with Gasteiger partial charge in [-0.25, -0.2) is 0 Å². The number of anilines is 2. The fourth-order valence-corrected chi connectivity index (χ4v) is 7.07. The molecular formula is C26H36BrN3O6. The summed E-state index contributed by atoms with van der Waals surface area (Å²) in [5.74, 6) is -2.59. The number of ether oxygens (including phenoxy) is 2. The van der Waals surface area contributed by atoms with Gasteiger partial charge in [0.15, 0.2) is 0 Å².